The second-order valence-electron chi connectivity index (χ2n) is 5.70. The summed E-state index contributed by atoms with van der Waals surface area (Å²) in [4.78, 5) is 8.34. The maximum atomic E-state index is 10.9. The highest BCUT2D eigenvalue weighted by molar-refractivity contribution is 14.1. The van der Waals surface area contributed by atoms with E-state index in [0.29, 0.717) is 10.8 Å². The molecule has 0 spiro atoms. The molecule has 2 aromatic heterocycles. The summed E-state index contributed by atoms with van der Waals surface area (Å²) in [7, 11) is 0. The van der Waals surface area contributed by atoms with Gasteiger partial charge in [-0.3, -0.25) is 0 Å². The molecular formula is C14H17ClIN3O2. The summed E-state index contributed by atoms with van der Waals surface area (Å²) in [5.74, 6) is 0.0416. The molecule has 0 unspecified atom stereocenters. The van der Waals surface area contributed by atoms with E-state index in [2.05, 4.69) is 39.5 Å². The maximum absolute atomic E-state index is 10.9. The summed E-state index contributed by atoms with van der Waals surface area (Å²) >= 11 is 8.37. The summed E-state index contributed by atoms with van der Waals surface area (Å²) in [5.41, 5.74) is -0.277. The Bertz CT molecular complexity index is 688. The lowest BCUT2D eigenvalue weighted by Crippen LogP contribution is -2.37. The van der Waals surface area contributed by atoms with Crippen LogP contribution >= 0.6 is 34.2 Å². The van der Waals surface area contributed by atoms with Crippen LogP contribution in [0.3, 0.4) is 0 Å². The third-order valence-electron chi connectivity index (χ3n) is 4.46. The van der Waals surface area contributed by atoms with Crippen LogP contribution in [-0.2, 0) is 4.74 Å². The van der Waals surface area contributed by atoms with Gasteiger partial charge < -0.3 is 14.4 Å². The van der Waals surface area contributed by atoms with Gasteiger partial charge in [-0.2, -0.15) is 0 Å². The first-order valence-electron chi connectivity index (χ1n) is 6.92. The molecule has 5 nitrogen and oxygen atoms in total. The molecule has 0 amide bonds. The molecule has 0 saturated carbocycles. The summed E-state index contributed by atoms with van der Waals surface area (Å²) in [6.07, 6.45) is 3.75. The molecular weight excluding hydrogens is 405 g/mol. The van der Waals surface area contributed by atoms with Gasteiger partial charge in [-0.15, -0.1) is 0 Å². The maximum Gasteiger partial charge on any atom is 0.164 e. The fourth-order valence-electron chi connectivity index (χ4n) is 3.00. The fourth-order valence-corrected chi connectivity index (χ4v) is 4.19. The predicted molar refractivity (Wildman–Crippen MR) is 89.2 cm³/mol. The third-order valence-corrected chi connectivity index (χ3v) is 5.56. The van der Waals surface area contributed by atoms with Crippen molar-refractivity contribution in [2.24, 2.45) is 5.92 Å². The number of hydrogen-bond acceptors (Lipinski definition) is 4. The van der Waals surface area contributed by atoms with Crippen LogP contribution in [0.4, 0.5) is 0 Å². The van der Waals surface area contributed by atoms with E-state index in [0.717, 1.165) is 15.4 Å². The topological polar surface area (TPSA) is 60.2 Å². The van der Waals surface area contributed by atoms with Crippen molar-refractivity contribution >= 4 is 45.2 Å². The number of hydrogen-bond donors (Lipinski definition) is 1. The molecule has 7 heteroatoms. The first-order valence-corrected chi connectivity index (χ1v) is 8.38. The molecule has 0 aliphatic carbocycles. The van der Waals surface area contributed by atoms with Gasteiger partial charge in [-0.05, 0) is 35.9 Å². The molecule has 2 aromatic rings. The van der Waals surface area contributed by atoms with Crippen LogP contribution in [0.2, 0.25) is 5.15 Å². The number of aromatic nitrogens is 3. The minimum atomic E-state index is -0.965. The normalized spacial score (nSPS) is 33.0. The van der Waals surface area contributed by atoms with E-state index >= 15 is 0 Å². The molecule has 1 N–H and O–H groups in total. The zero-order valence-corrected chi connectivity index (χ0v) is 15.0. The largest absolute Gasteiger partial charge is 0.385 e. The molecule has 3 heterocycles. The number of rotatable bonds is 2. The first-order chi connectivity index (χ1) is 9.87. The molecule has 1 fully saturated rings. The van der Waals surface area contributed by atoms with Crippen molar-refractivity contribution in [3.8, 4) is 0 Å². The lowest BCUT2D eigenvalue weighted by molar-refractivity contribution is -0.0831. The van der Waals surface area contributed by atoms with Crippen LogP contribution in [0.25, 0.3) is 11.0 Å². The highest BCUT2D eigenvalue weighted by atomic mass is 127. The highest BCUT2D eigenvalue weighted by Gasteiger charge is 2.50. The smallest absolute Gasteiger partial charge is 0.164 e. The Kier molecular flexibility index (Phi) is 3.92. The van der Waals surface area contributed by atoms with Crippen LogP contribution in [0.5, 0.6) is 0 Å². The Balaban J connectivity index is 2.15. The van der Waals surface area contributed by atoms with E-state index in [1.807, 2.05) is 24.6 Å². The Hall–Kier alpha value is -0.440. The highest BCUT2D eigenvalue weighted by Crippen LogP contribution is 2.45. The van der Waals surface area contributed by atoms with Gasteiger partial charge >= 0.3 is 0 Å². The zero-order chi connectivity index (χ0) is 15.4. The van der Waals surface area contributed by atoms with E-state index < -0.39 is 11.8 Å². The van der Waals surface area contributed by atoms with Crippen molar-refractivity contribution in [3.63, 3.8) is 0 Å². The summed E-state index contributed by atoms with van der Waals surface area (Å²) in [5, 5.41) is 12.1. The summed E-state index contributed by atoms with van der Waals surface area (Å²) in [6.45, 7) is 5.91. The Morgan fingerprint density at radius 1 is 1.52 bits per heavy atom. The SMILES string of the molecule is CC[C@H]1O[C@@H](n2cc(I)c3c(Cl)ncnc32)[C@@](C)(O)[C@@H]1C. The molecule has 0 radical (unpaired) electrons. The van der Waals surface area contributed by atoms with E-state index in [9.17, 15) is 5.11 Å². The summed E-state index contributed by atoms with van der Waals surface area (Å²) < 4.78 is 8.91. The number of aliphatic hydroxyl groups is 1. The lowest BCUT2D eigenvalue weighted by atomic mass is 9.87. The zero-order valence-electron chi connectivity index (χ0n) is 12.0. The minimum absolute atomic E-state index is 0.0254. The predicted octanol–water partition coefficient (Wildman–Crippen LogP) is 3.38. The van der Waals surface area contributed by atoms with Gasteiger partial charge in [0.15, 0.2) is 6.23 Å². The van der Waals surface area contributed by atoms with Crippen molar-refractivity contribution in [1.82, 2.24) is 14.5 Å². The molecule has 4 atom stereocenters. The molecule has 3 rings (SSSR count). The Morgan fingerprint density at radius 2 is 2.24 bits per heavy atom. The van der Waals surface area contributed by atoms with Crippen LogP contribution in [0, 0.1) is 9.49 Å². The second kappa shape index (κ2) is 5.33. The van der Waals surface area contributed by atoms with E-state index in [1.165, 1.54) is 6.33 Å². The number of ether oxygens (including phenoxy) is 1. The molecule has 1 aliphatic heterocycles. The van der Waals surface area contributed by atoms with Gasteiger partial charge in [0.05, 0.1) is 11.5 Å². The van der Waals surface area contributed by atoms with Crippen molar-refractivity contribution in [1.29, 1.82) is 0 Å². The van der Waals surface area contributed by atoms with Crippen LogP contribution in [-0.4, -0.2) is 31.3 Å². The van der Waals surface area contributed by atoms with E-state index in [1.54, 1.807) is 0 Å². The quantitative estimate of drug-likeness (QED) is 0.596. The average Bonchev–Trinajstić information content (AvgIpc) is 2.87. The number of fused-ring (bicyclic) bond motifs is 1. The standard InChI is InChI=1S/C14H17ClIN3O2/c1-4-9-7(2)14(3,20)13(21-9)19-5-8(16)10-11(15)17-6-18-12(10)19/h5-7,9,13,20H,4H2,1-3H3/t7-,9-,13-,14+/m1/s1. The monoisotopic (exact) mass is 421 g/mol. The molecule has 1 saturated heterocycles. The van der Waals surface area contributed by atoms with Crippen LogP contribution in [0.15, 0.2) is 12.5 Å². The molecule has 21 heavy (non-hydrogen) atoms. The Morgan fingerprint density at radius 3 is 2.86 bits per heavy atom. The molecule has 114 valence electrons. The average molecular weight is 422 g/mol. The van der Waals surface area contributed by atoms with Gasteiger partial charge in [-0.1, -0.05) is 25.4 Å². The van der Waals surface area contributed by atoms with E-state index in [4.69, 9.17) is 16.3 Å². The van der Waals surface area contributed by atoms with Crippen molar-refractivity contribution in [2.45, 2.75) is 45.1 Å². The van der Waals surface area contributed by atoms with E-state index in [-0.39, 0.29) is 12.0 Å². The van der Waals surface area contributed by atoms with Gasteiger partial charge in [0.2, 0.25) is 0 Å². The Labute approximate surface area is 141 Å². The first kappa shape index (κ1) is 15.5. The van der Waals surface area contributed by atoms with Crippen LogP contribution in [0.1, 0.15) is 33.4 Å². The third kappa shape index (κ3) is 2.27. The number of halogens is 2. The van der Waals surface area contributed by atoms with Crippen LogP contribution < -0.4 is 0 Å². The number of nitrogens with zero attached hydrogens (tertiary/aromatic N) is 3. The van der Waals surface area contributed by atoms with Crippen molar-refractivity contribution in [2.75, 3.05) is 0 Å². The van der Waals surface area contributed by atoms with Gasteiger partial charge in [0.1, 0.15) is 22.7 Å². The molecule has 1 aliphatic rings. The van der Waals surface area contributed by atoms with Crippen molar-refractivity contribution in [3.05, 3.63) is 21.2 Å². The fraction of sp³-hybridized carbons (Fsp3) is 0.571. The van der Waals surface area contributed by atoms with Gasteiger partial charge in [0, 0.05) is 15.7 Å². The van der Waals surface area contributed by atoms with Gasteiger partial charge in [-0.25, -0.2) is 9.97 Å². The summed E-state index contributed by atoms with van der Waals surface area (Å²) in [6, 6.07) is 0. The van der Waals surface area contributed by atoms with Gasteiger partial charge in [0.25, 0.3) is 0 Å². The molecule has 0 bridgehead atoms. The van der Waals surface area contributed by atoms with Crippen molar-refractivity contribution < 1.29 is 9.84 Å². The minimum Gasteiger partial charge on any atom is -0.385 e. The second-order valence-corrected chi connectivity index (χ2v) is 7.22. The molecule has 0 aromatic carbocycles. The lowest BCUT2D eigenvalue weighted by Gasteiger charge is -2.28.